The van der Waals surface area contributed by atoms with E-state index in [0.29, 0.717) is 6.54 Å². The lowest BCUT2D eigenvalue weighted by Gasteiger charge is -2.36. The van der Waals surface area contributed by atoms with Crippen LogP contribution in [-0.2, 0) is 4.79 Å². The van der Waals surface area contributed by atoms with Crippen LogP contribution < -0.4 is 0 Å². The molecule has 2 saturated heterocycles. The van der Waals surface area contributed by atoms with Gasteiger partial charge in [-0.2, -0.15) is 0 Å². The van der Waals surface area contributed by atoms with Crippen molar-refractivity contribution in [3.63, 3.8) is 0 Å². The minimum atomic E-state index is -0.348. The van der Waals surface area contributed by atoms with Crippen LogP contribution in [0.25, 0.3) is 0 Å². The predicted octanol–water partition coefficient (Wildman–Crippen LogP) is 1.51. The van der Waals surface area contributed by atoms with Gasteiger partial charge in [-0.3, -0.25) is 14.6 Å². The van der Waals surface area contributed by atoms with Gasteiger partial charge in [0.1, 0.15) is 6.67 Å². The number of halogens is 1. The fourth-order valence-electron chi connectivity index (χ4n) is 3.97. The van der Waals surface area contributed by atoms with Crippen LogP contribution in [0.15, 0.2) is 0 Å². The Morgan fingerprint density at radius 2 is 1.81 bits per heavy atom. The lowest BCUT2D eigenvalue weighted by Crippen LogP contribution is -2.48. The Morgan fingerprint density at radius 3 is 2.52 bits per heavy atom. The van der Waals surface area contributed by atoms with E-state index in [1.807, 2.05) is 9.80 Å². The van der Waals surface area contributed by atoms with Crippen molar-refractivity contribution in [2.75, 3.05) is 45.9 Å². The summed E-state index contributed by atoms with van der Waals surface area (Å²) in [6.07, 6.45) is 7.05. The van der Waals surface area contributed by atoms with E-state index in [1.165, 1.54) is 19.3 Å². The second-order valence-electron chi connectivity index (χ2n) is 6.68. The van der Waals surface area contributed by atoms with Gasteiger partial charge in [-0.25, -0.2) is 4.39 Å². The highest BCUT2D eigenvalue weighted by Crippen LogP contribution is 2.26. The molecule has 3 fully saturated rings. The summed E-state index contributed by atoms with van der Waals surface area (Å²) >= 11 is 0. The molecular formula is C16H28FN3O. The molecule has 1 aliphatic carbocycles. The Kier molecular flexibility index (Phi) is 5.11. The van der Waals surface area contributed by atoms with Gasteiger partial charge in [0.15, 0.2) is 0 Å². The summed E-state index contributed by atoms with van der Waals surface area (Å²) < 4.78 is 12.6. The number of hydrogen-bond donors (Lipinski definition) is 0. The van der Waals surface area contributed by atoms with Crippen molar-refractivity contribution in [2.45, 2.75) is 50.6 Å². The first-order valence-corrected chi connectivity index (χ1v) is 8.62. The van der Waals surface area contributed by atoms with Gasteiger partial charge < -0.3 is 4.90 Å². The van der Waals surface area contributed by atoms with E-state index in [-0.39, 0.29) is 18.6 Å². The number of carbonyl (C=O) groups is 1. The Balaban J connectivity index is 1.54. The third kappa shape index (κ3) is 3.39. The number of alkyl halides is 1. The molecule has 1 amide bonds. The molecule has 0 aromatic heterocycles. The van der Waals surface area contributed by atoms with Gasteiger partial charge in [-0.1, -0.05) is 6.42 Å². The maximum absolute atomic E-state index is 12.7. The summed E-state index contributed by atoms with van der Waals surface area (Å²) in [5, 5.41) is 0. The summed E-state index contributed by atoms with van der Waals surface area (Å²) in [5.74, 6) is 0.247. The van der Waals surface area contributed by atoms with Gasteiger partial charge >= 0.3 is 0 Å². The van der Waals surface area contributed by atoms with Crippen molar-refractivity contribution in [3.05, 3.63) is 0 Å². The second-order valence-corrected chi connectivity index (χ2v) is 6.68. The molecule has 0 N–H and O–H groups in total. The van der Waals surface area contributed by atoms with E-state index < -0.39 is 0 Å². The highest BCUT2D eigenvalue weighted by molar-refractivity contribution is 5.82. The first kappa shape index (κ1) is 15.2. The second kappa shape index (κ2) is 7.05. The van der Waals surface area contributed by atoms with E-state index in [9.17, 15) is 9.18 Å². The smallest absolute Gasteiger partial charge is 0.239 e. The zero-order valence-corrected chi connectivity index (χ0v) is 13.0. The molecule has 1 atom stereocenters. The Bertz CT molecular complexity index is 361. The lowest BCUT2D eigenvalue weighted by molar-refractivity contribution is -0.136. The molecule has 0 radical (unpaired) electrons. The molecule has 2 heterocycles. The monoisotopic (exact) mass is 297 g/mol. The number of rotatable bonds is 4. The molecule has 4 nitrogen and oxygen atoms in total. The Hall–Kier alpha value is -0.680. The van der Waals surface area contributed by atoms with Gasteiger partial charge in [0, 0.05) is 38.8 Å². The fraction of sp³-hybridized carbons (Fsp3) is 0.938. The van der Waals surface area contributed by atoms with Crippen molar-refractivity contribution < 1.29 is 9.18 Å². The number of amides is 1. The van der Waals surface area contributed by atoms with E-state index in [1.54, 1.807) is 0 Å². The topological polar surface area (TPSA) is 26.8 Å². The number of nitrogens with zero attached hydrogens (tertiary/aromatic N) is 3. The van der Waals surface area contributed by atoms with E-state index in [0.717, 1.165) is 58.0 Å². The van der Waals surface area contributed by atoms with Crippen LogP contribution in [0.2, 0.25) is 0 Å². The third-order valence-electron chi connectivity index (χ3n) is 5.45. The quantitative estimate of drug-likeness (QED) is 0.787. The van der Waals surface area contributed by atoms with Crippen LogP contribution in [0.5, 0.6) is 0 Å². The molecule has 3 rings (SSSR count). The molecule has 2 aliphatic heterocycles. The zero-order valence-electron chi connectivity index (χ0n) is 13.0. The Labute approximate surface area is 127 Å². The van der Waals surface area contributed by atoms with Crippen molar-refractivity contribution in [1.82, 2.24) is 14.7 Å². The van der Waals surface area contributed by atoms with E-state index in [4.69, 9.17) is 0 Å². The highest BCUT2D eigenvalue weighted by Gasteiger charge is 2.34. The number of carbonyl (C=O) groups excluding carboxylic acids is 1. The molecule has 0 spiro atoms. The average molecular weight is 297 g/mol. The van der Waals surface area contributed by atoms with Crippen LogP contribution in [0, 0.1) is 0 Å². The van der Waals surface area contributed by atoms with Crippen molar-refractivity contribution >= 4 is 5.91 Å². The molecule has 0 aromatic rings. The van der Waals surface area contributed by atoms with E-state index >= 15 is 0 Å². The van der Waals surface area contributed by atoms with Crippen LogP contribution in [0.4, 0.5) is 4.39 Å². The summed E-state index contributed by atoms with van der Waals surface area (Å²) in [7, 11) is 0. The van der Waals surface area contributed by atoms with E-state index in [2.05, 4.69) is 4.90 Å². The first-order chi connectivity index (χ1) is 10.3. The molecule has 5 heteroatoms. The molecule has 3 aliphatic rings. The predicted molar refractivity (Wildman–Crippen MR) is 81.0 cm³/mol. The van der Waals surface area contributed by atoms with Gasteiger partial charge in [-0.05, 0) is 38.6 Å². The normalized spacial score (nSPS) is 29.4. The van der Waals surface area contributed by atoms with Crippen LogP contribution >= 0.6 is 0 Å². The van der Waals surface area contributed by atoms with Crippen molar-refractivity contribution in [1.29, 1.82) is 0 Å². The van der Waals surface area contributed by atoms with Crippen LogP contribution in [0.1, 0.15) is 38.5 Å². The number of hydrogen-bond acceptors (Lipinski definition) is 3. The standard InChI is InChI=1S/C16H28FN3O/c17-7-11-19-8-2-6-15(19)16(21)20-10-3-9-18(12-13-20)14-4-1-5-14/h14-15H,1-13H2/t15-/m1/s1. The minimum absolute atomic E-state index is 0.0593. The largest absolute Gasteiger partial charge is 0.340 e. The molecule has 120 valence electrons. The van der Waals surface area contributed by atoms with Crippen LogP contribution in [-0.4, -0.2) is 78.6 Å². The average Bonchev–Trinajstić information content (AvgIpc) is 2.75. The molecule has 0 unspecified atom stereocenters. The lowest BCUT2D eigenvalue weighted by atomic mass is 9.91. The van der Waals surface area contributed by atoms with Crippen LogP contribution in [0.3, 0.4) is 0 Å². The zero-order chi connectivity index (χ0) is 14.7. The summed E-state index contributed by atoms with van der Waals surface area (Å²) in [5.41, 5.74) is 0. The Morgan fingerprint density at radius 1 is 0.952 bits per heavy atom. The third-order valence-corrected chi connectivity index (χ3v) is 5.45. The van der Waals surface area contributed by atoms with Gasteiger partial charge in [0.05, 0.1) is 6.04 Å². The molecule has 21 heavy (non-hydrogen) atoms. The molecular weight excluding hydrogens is 269 g/mol. The summed E-state index contributed by atoms with van der Waals surface area (Å²) in [6, 6.07) is 0.713. The summed E-state index contributed by atoms with van der Waals surface area (Å²) in [4.78, 5) is 19.4. The molecule has 0 bridgehead atoms. The van der Waals surface area contributed by atoms with Crippen molar-refractivity contribution in [3.8, 4) is 0 Å². The fourth-order valence-corrected chi connectivity index (χ4v) is 3.97. The maximum atomic E-state index is 12.7. The maximum Gasteiger partial charge on any atom is 0.239 e. The van der Waals surface area contributed by atoms with Gasteiger partial charge in [0.2, 0.25) is 5.91 Å². The van der Waals surface area contributed by atoms with Crippen molar-refractivity contribution in [2.24, 2.45) is 0 Å². The SMILES string of the molecule is O=C([C@H]1CCCN1CCF)N1CCCN(C2CCC2)CC1. The first-order valence-electron chi connectivity index (χ1n) is 8.62. The highest BCUT2D eigenvalue weighted by atomic mass is 19.1. The van der Waals surface area contributed by atoms with Gasteiger partial charge in [0.25, 0.3) is 0 Å². The van der Waals surface area contributed by atoms with Gasteiger partial charge in [-0.15, -0.1) is 0 Å². The molecule has 1 saturated carbocycles. The summed E-state index contributed by atoms with van der Waals surface area (Å²) in [6.45, 7) is 4.83. The minimum Gasteiger partial charge on any atom is -0.340 e. The number of likely N-dealkylation sites (tertiary alicyclic amines) is 1. The molecule has 0 aromatic carbocycles.